The van der Waals surface area contributed by atoms with E-state index in [1.807, 2.05) is 12.1 Å². The summed E-state index contributed by atoms with van der Waals surface area (Å²) in [5, 5.41) is 3.09. The maximum absolute atomic E-state index is 13.9. The van der Waals surface area contributed by atoms with E-state index >= 15 is 0 Å². The van der Waals surface area contributed by atoms with Gasteiger partial charge in [0.15, 0.2) is 11.6 Å². The van der Waals surface area contributed by atoms with E-state index in [4.69, 9.17) is 38.4 Å². The zero-order chi connectivity index (χ0) is 24.2. The van der Waals surface area contributed by atoms with Gasteiger partial charge in [-0.25, -0.2) is 9.37 Å². The van der Waals surface area contributed by atoms with Gasteiger partial charge in [0.25, 0.3) is 5.91 Å². The molecule has 0 spiro atoms. The number of hydrogen-bond acceptors (Lipinski definition) is 5. The van der Waals surface area contributed by atoms with Crippen molar-refractivity contribution in [2.75, 3.05) is 18.9 Å². The normalized spacial score (nSPS) is 16.3. The number of nitrogens with zero attached hydrogens (tertiary/aromatic N) is 1. The van der Waals surface area contributed by atoms with Crippen molar-refractivity contribution in [1.82, 2.24) is 10.3 Å². The Labute approximate surface area is 207 Å². The van der Waals surface area contributed by atoms with Gasteiger partial charge in [0.2, 0.25) is 0 Å². The van der Waals surface area contributed by atoms with E-state index in [2.05, 4.69) is 10.3 Å². The maximum Gasteiger partial charge on any atom is 0.251 e. The summed E-state index contributed by atoms with van der Waals surface area (Å²) in [6, 6.07) is 11.5. The molecule has 1 fully saturated rings. The lowest BCUT2D eigenvalue weighted by atomic mass is 10.0. The van der Waals surface area contributed by atoms with Crippen molar-refractivity contribution < 1.29 is 18.7 Å². The number of aromatic nitrogens is 1. The van der Waals surface area contributed by atoms with Crippen molar-refractivity contribution in [1.29, 1.82) is 0 Å². The molecule has 4 rings (SSSR count). The van der Waals surface area contributed by atoms with Crippen molar-refractivity contribution in [3.05, 3.63) is 75.7 Å². The molecule has 2 atom stereocenters. The minimum absolute atomic E-state index is 0.0852. The maximum atomic E-state index is 13.9. The van der Waals surface area contributed by atoms with Gasteiger partial charge in [-0.1, -0.05) is 35.3 Å². The van der Waals surface area contributed by atoms with Crippen LogP contribution in [0.1, 0.15) is 41.8 Å². The Kier molecular flexibility index (Phi) is 7.56. The molecule has 0 aliphatic carbocycles. The van der Waals surface area contributed by atoms with E-state index in [9.17, 15) is 9.18 Å². The monoisotopic (exact) mass is 503 g/mol. The molecular weight excluding hydrogens is 480 g/mol. The number of carbonyl (C=O) groups is 1. The lowest BCUT2D eigenvalue weighted by Crippen LogP contribution is -2.31. The lowest BCUT2D eigenvalue weighted by molar-refractivity contribution is 0.0858. The van der Waals surface area contributed by atoms with Crippen molar-refractivity contribution in [2.24, 2.45) is 0 Å². The summed E-state index contributed by atoms with van der Waals surface area (Å²) in [6.07, 6.45) is 3.01. The van der Waals surface area contributed by atoms with Crippen LogP contribution in [0.4, 0.5) is 10.2 Å². The van der Waals surface area contributed by atoms with Crippen LogP contribution in [-0.4, -0.2) is 30.1 Å². The average Bonchev–Trinajstić information content (AvgIpc) is 3.35. The van der Waals surface area contributed by atoms with Gasteiger partial charge in [0, 0.05) is 41.1 Å². The number of anilines is 1. The van der Waals surface area contributed by atoms with Crippen molar-refractivity contribution >= 4 is 34.9 Å². The Morgan fingerprint density at radius 3 is 2.74 bits per heavy atom. The highest BCUT2D eigenvalue weighted by atomic mass is 35.5. The smallest absolute Gasteiger partial charge is 0.251 e. The van der Waals surface area contributed by atoms with Gasteiger partial charge in [-0.3, -0.25) is 4.79 Å². The highest BCUT2D eigenvalue weighted by molar-refractivity contribution is 6.36. The van der Waals surface area contributed by atoms with Gasteiger partial charge in [-0.05, 0) is 55.7 Å². The molecule has 1 aliphatic heterocycles. The van der Waals surface area contributed by atoms with E-state index in [-0.39, 0.29) is 27.9 Å². The van der Waals surface area contributed by atoms with Crippen molar-refractivity contribution in [3.63, 3.8) is 0 Å². The van der Waals surface area contributed by atoms with Crippen LogP contribution in [0.2, 0.25) is 10.0 Å². The third-order valence-corrected chi connectivity index (χ3v) is 6.38. The van der Waals surface area contributed by atoms with Gasteiger partial charge < -0.3 is 20.5 Å². The average molecular weight is 504 g/mol. The van der Waals surface area contributed by atoms with Crippen LogP contribution < -0.4 is 15.8 Å². The van der Waals surface area contributed by atoms with E-state index in [0.29, 0.717) is 23.4 Å². The molecule has 3 N–H and O–H groups in total. The van der Waals surface area contributed by atoms with E-state index in [1.165, 1.54) is 12.1 Å². The molecule has 0 bridgehead atoms. The molecule has 1 aliphatic rings. The minimum atomic E-state index is -0.676. The van der Waals surface area contributed by atoms with Crippen LogP contribution in [0.25, 0.3) is 11.1 Å². The van der Waals surface area contributed by atoms with E-state index in [1.54, 1.807) is 31.3 Å². The molecule has 3 aromatic rings. The summed E-state index contributed by atoms with van der Waals surface area (Å²) in [6.45, 7) is 2.95. The predicted octanol–water partition coefficient (Wildman–Crippen LogP) is 5.83. The van der Waals surface area contributed by atoms with Crippen molar-refractivity contribution in [2.45, 2.75) is 32.0 Å². The number of nitrogens with two attached hydrogens (primary N) is 1. The first kappa shape index (κ1) is 24.3. The molecule has 1 saturated heterocycles. The second kappa shape index (κ2) is 10.6. The van der Waals surface area contributed by atoms with Crippen LogP contribution in [-0.2, 0) is 4.74 Å². The first-order valence-electron chi connectivity index (χ1n) is 10.9. The minimum Gasteiger partial charge on any atom is -0.482 e. The van der Waals surface area contributed by atoms with Gasteiger partial charge in [-0.15, -0.1) is 0 Å². The SMILES string of the molecule is CC(Oc1cc(-c2ccc(C(=O)NC[C@H]3CCCO3)cc2)cnc1N)c1c(Cl)ccc(F)c1Cl. The molecule has 0 saturated carbocycles. The topological polar surface area (TPSA) is 86.5 Å². The first-order chi connectivity index (χ1) is 16.3. The second-order valence-corrected chi connectivity index (χ2v) is 8.83. The lowest BCUT2D eigenvalue weighted by Gasteiger charge is -2.19. The molecule has 178 valence electrons. The highest BCUT2D eigenvalue weighted by Crippen LogP contribution is 2.37. The van der Waals surface area contributed by atoms with Crippen molar-refractivity contribution in [3.8, 4) is 16.9 Å². The zero-order valence-electron chi connectivity index (χ0n) is 18.5. The summed E-state index contributed by atoms with van der Waals surface area (Å²) < 4.78 is 25.4. The fraction of sp³-hybridized carbons (Fsp3) is 0.280. The van der Waals surface area contributed by atoms with Crippen LogP contribution in [0, 0.1) is 5.82 Å². The van der Waals surface area contributed by atoms with Crippen LogP contribution >= 0.6 is 23.2 Å². The first-order valence-corrected chi connectivity index (χ1v) is 11.6. The summed E-state index contributed by atoms with van der Waals surface area (Å²) in [5.74, 6) is -0.264. The number of pyridine rings is 1. The number of benzene rings is 2. The zero-order valence-corrected chi connectivity index (χ0v) is 20.0. The third-order valence-electron chi connectivity index (χ3n) is 5.67. The van der Waals surface area contributed by atoms with E-state index in [0.717, 1.165) is 30.6 Å². The Morgan fingerprint density at radius 1 is 1.26 bits per heavy atom. The molecule has 6 nitrogen and oxygen atoms in total. The fourth-order valence-electron chi connectivity index (χ4n) is 3.80. The fourth-order valence-corrected chi connectivity index (χ4v) is 4.48. The number of hydrogen-bond donors (Lipinski definition) is 2. The van der Waals surface area contributed by atoms with Crippen LogP contribution in [0.15, 0.2) is 48.7 Å². The molecule has 2 heterocycles. The standard InChI is InChI=1S/C25H24Cl2FN3O3/c1-14(22-19(26)8-9-20(28)23(22)27)34-21-11-17(12-30-24(21)29)15-4-6-16(7-5-15)25(32)31-13-18-3-2-10-33-18/h4-9,11-12,14,18H,2-3,10,13H2,1H3,(H2,29,30)(H,31,32)/t14?,18-/m1/s1. The third kappa shape index (κ3) is 5.43. The molecule has 1 aromatic heterocycles. The predicted molar refractivity (Wildman–Crippen MR) is 131 cm³/mol. The van der Waals surface area contributed by atoms with Gasteiger partial charge in [0.1, 0.15) is 11.9 Å². The molecule has 1 unspecified atom stereocenters. The Morgan fingerprint density at radius 2 is 2.03 bits per heavy atom. The Hall–Kier alpha value is -2.87. The molecule has 0 radical (unpaired) electrons. The van der Waals surface area contributed by atoms with Crippen LogP contribution in [0.5, 0.6) is 5.75 Å². The van der Waals surface area contributed by atoms with E-state index < -0.39 is 11.9 Å². The Balaban J connectivity index is 1.48. The highest BCUT2D eigenvalue weighted by Gasteiger charge is 2.20. The quantitative estimate of drug-likeness (QED) is 0.396. The summed E-state index contributed by atoms with van der Waals surface area (Å²) in [5.41, 5.74) is 8.44. The molecule has 34 heavy (non-hydrogen) atoms. The molecule has 9 heteroatoms. The summed E-state index contributed by atoms with van der Waals surface area (Å²) >= 11 is 12.3. The van der Waals surface area contributed by atoms with Gasteiger partial charge in [-0.2, -0.15) is 0 Å². The second-order valence-electron chi connectivity index (χ2n) is 8.05. The molecular formula is C25H24Cl2FN3O3. The summed E-state index contributed by atoms with van der Waals surface area (Å²) in [4.78, 5) is 16.6. The largest absolute Gasteiger partial charge is 0.482 e. The number of halogens is 3. The van der Waals surface area contributed by atoms with Crippen LogP contribution in [0.3, 0.4) is 0 Å². The molecule has 2 aromatic carbocycles. The number of ether oxygens (including phenoxy) is 2. The number of amides is 1. The number of nitrogen functional groups attached to an aromatic ring is 1. The number of nitrogens with one attached hydrogen (secondary N) is 1. The molecule has 1 amide bonds. The number of rotatable bonds is 7. The van der Waals surface area contributed by atoms with Gasteiger partial charge in [0.05, 0.1) is 11.1 Å². The van der Waals surface area contributed by atoms with Gasteiger partial charge >= 0.3 is 0 Å². The number of carbonyl (C=O) groups excluding carboxylic acids is 1. The summed E-state index contributed by atoms with van der Waals surface area (Å²) in [7, 11) is 0. The Bertz CT molecular complexity index is 1180.